The maximum Gasteiger partial charge on any atom is 0.405 e. The van der Waals surface area contributed by atoms with Crippen LogP contribution in [0, 0.1) is 11.8 Å². The van der Waals surface area contributed by atoms with Crippen molar-refractivity contribution in [2.45, 2.75) is 45.8 Å². The summed E-state index contributed by atoms with van der Waals surface area (Å²) < 4.78 is 5.17. The highest BCUT2D eigenvalue weighted by atomic mass is 16.6. The molecule has 0 aliphatic carbocycles. The number of carbonyl (C=O) groups excluding carboxylic acids is 1. The Balaban J connectivity index is 2.62. The average molecular weight is 229 g/mol. The molecule has 1 rings (SSSR count). The number of amides is 1. The molecule has 92 valence electrons. The van der Waals surface area contributed by atoms with Crippen molar-refractivity contribution in [2.24, 2.45) is 11.8 Å². The molecular weight excluding hydrogens is 210 g/mol. The molecule has 1 heterocycles. The van der Waals surface area contributed by atoms with Gasteiger partial charge in [0.2, 0.25) is 0 Å². The Kier molecular flexibility index (Phi) is 4.15. The third-order valence-electron chi connectivity index (χ3n) is 2.74. The van der Waals surface area contributed by atoms with Crippen molar-refractivity contribution in [3.05, 3.63) is 0 Å². The summed E-state index contributed by atoms with van der Waals surface area (Å²) in [5.74, 6) is -0.00680. The van der Waals surface area contributed by atoms with E-state index >= 15 is 0 Å². The molecule has 0 bridgehead atoms. The number of carbonyl (C=O) groups is 2. The number of carboxylic acid groups (broad SMARTS) is 1. The second-order valence-electron chi connectivity index (χ2n) is 4.80. The van der Waals surface area contributed by atoms with Crippen LogP contribution >= 0.6 is 0 Å². The summed E-state index contributed by atoms with van der Waals surface area (Å²) in [5, 5.41) is 11.2. The largest absolute Gasteiger partial charge is 0.465 e. The molecule has 0 aromatic heterocycles. The molecule has 5 heteroatoms. The number of cyclic esters (lactones) is 1. The molecular formula is C11H19NO4. The van der Waals surface area contributed by atoms with Gasteiger partial charge in [-0.05, 0) is 18.8 Å². The molecule has 1 amide bonds. The minimum absolute atomic E-state index is 0.129. The van der Waals surface area contributed by atoms with Crippen molar-refractivity contribution < 1.29 is 19.4 Å². The predicted octanol–water partition coefficient (Wildman–Crippen LogP) is 1.62. The lowest BCUT2D eigenvalue weighted by atomic mass is 9.95. The fourth-order valence-electron chi connectivity index (χ4n) is 1.97. The lowest BCUT2D eigenvalue weighted by Crippen LogP contribution is -2.43. The number of hydrogen-bond donors (Lipinski definition) is 2. The lowest BCUT2D eigenvalue weighted by Gasteiger charge is -2.23. The Hall–Kier alpha value is -1.26. The van der Waals surface area contributed by atoms with Crippen LogP contribution in [-0.2, 0) is 9.53 Å². The number of ether oxygens (including phenoxy) is 1. The summed E-state index contributed by atoms with van der Waals surface area (Å²) in [7, 11) is 0. The topological polar surface area (TPSA) is 75.6 Å². The summed E-state index contributed by atoms with van der Waals surface area (Å²) in [4.78, 5) is 21.9. The minimum Gasteiger partial charge on any atom is -0.465 e. The predicted molar refractivity (Wildman–Crippen MR) is 58.1 cm³/mol. The van der Waals surface area contributed by atoms with Crippen molar-refractivity contribution in [3.8, 4) is 0 Å². The Morgan fingerprint density at radius 2 is 2.25 bits per heavy atom. The molecule has 0 aromatic carbocycles. The molecule has 16 heavy (non-hydrogen) atoms. The van der Waals surface area contributed by atoms with Crippen LogP contribution in [0.1, 0.15) is 33.6 Å². The number of esters is 1. The molecule has 5 nitrogen and oxygen atoms in total. The average Bonchev–Trinajstić information content (AvgIpc) is 2.44. The van der Waals surface area contributed by atoms with E-state index in [1.165, 1.54) is 0 Å². The molecule has 1 aliphatic rings. The highest BCUT2D eigenvalue weighted by Gasteiger charge is 2.37. The quantitative estimate of drug-likeness (QED) is 0.718. The molecule has 1 saturated heterocycles. The zero-order valence-electron chi connectivity index (χ0n) is 9.90. The van der Waals surface area contributed by atoms with Gasteiger partial charge >= 0.3 is 12.1 Å². The van der Waals surface area contributed by atoms with Crippen molar-refractivity contribution in [2.75, 3.05) is 0 Å². The second kappa shape index (κ2) is 5.18. The van der Waals surface area contributed by atoms with E-state index < -0.39 is 6.09 Å². The van der Waals surface area contributed by atoms with Crippen LogP contribution in [0.5, 0.6) is 0 Å². The van der Waals surface area contributed by atoms with Crippen molar-refractivity contribution in [1.82, 2.24) is 5.32 Å². The molecule has 3 unspecified atom stereocenters. The molecule has 3 atom stereocenters. The minimum atomic E-state index is -1.07. The second-order valence-corrected chi connectivity index (χ2v) is 4.80. The van der Waals surface area contributed by atoms with E-state index in [0.717, 1.165) is 0 Å². The molecule has 1 fully saturated rings. The van der Waals surface area contributed by atoms with E-state index in [1.807, 2.05) is 13.8 Å². The van der Waals surface area contributed by atoms with Gasteiger partial charge in [-0.25, -0.2) is 4.79 Å². The zero-order chi connectivity index (χ0) is 12.3. The first kappa shape index (κ1) is 12.8. The molecule has 1 aliphatic heterocycles. The molecule has 2 N–H and O–H groups in total. The van der Waals surface area contributed by atoms with Crippen LogP contribution in [0.3, 0.4) is 0 Å². The van der Waals surface area contributed by atoms with Gasteiger partial charge in [-0.15, -0.1) is 0 Å². The van der Waals surface area contributed by atoms with Crippen LogP contribution in [0.2, 0.25) is 0 Å². The van der Waals surface area contributed by atoms with Gasteiger partial charge in [0.25, 0.3) is 0 Å². The van der Waals surface area contributed by atoms with Crippen molar-refractivity contribution >= 4 is 12.1 Å². The van der Waals surface area contributed by atoms with Gasteiger partial charge in [0.05, 0.1) is 12.0 Å². The van der Waals surface area contributed by atoms with Gasteiger partial charge in [0, 0.05) is 0 Å². The van der Waals surface area contributed by atoms with Gasteiger partial charge in [-0.2, -0.15) is 0 Å². The molecule has 0 aromatic rings. The first-order valence-electron chi connectivity index (χ1n) is 5.60. The van der Waals surface area contributed by atoms with Crippen LogP contribution in [0.15, 0.2) is 0 Å². The maximum absolute atomic E-state index is 11.3. The van der Waals surface area contributed by atoms with E-state index in [1.54, 1.807) is 6.92 Å². The van der Waals surface area contributed by atoms with Gasteiger partial charge in [-0.3, -0.25) is 4.79 Å². The SMILES string of the molecule is CC(C)CC(NC(=O)O)C1CC(C)C(=O)O1. The van der Waals surface area contributed by atoms with Gasteiger partial charge < -0.3 is 15.2 Å². The van der Waals surface area contributed by atoms with Gasteiger partial charge in [0.15, 0.2) is 0 Å². The van der Waals surface area contributed by atoms with E-state index in [0.29, 0.717) is 18.8 Å². The van der Waals surface area contributed by atoms with Crippen LogP contribution in [0.25, 0.3) is 0 Å². The maximum atomic E-state index is 11.3. The van der Waals surface area contributed by atoms with Crippen LogP contribution in [-0.4, -0.2) is 29.3 Å². The van der Waals surface area contributed by atoms with E-state index in [9.17, 15) is 9.59 Å². The Morgan fingerprint density at radius 1 is 1.62 bits per heavy atom. The summed E-state index contributed by atoms with van der Waals surface area (Å²) >= 11 is 0. The summed E-state index contributed by atoms with van der Waals surface area (Å²) in [5.41, 5.74) is 0. The summed E-state index contributed by atoms with van der Waals surface area (Å²) in [6, 6.07) is -0.300. The highest BCUT2D eigenvalue weighted by Crippen LogP contribution is 2.25. The van der Waals surface area contributed by atoms with Gasteiger partial charge in [0.1, 0.15) is 6.10 Å². The monoisotopic (exact) mass is 229 g/mol. The Morgan fingerprint density at radius 3 is 2.62 bits per heavy atom. The van der Waals surface area contributed by atoms with Crippen LogP contribution < -0.4 is 5.32 Å². The third kappa shape index (κ3) is 3.40. The zero-order valence-corrected chi connectivity index (χ0v) is 9.90. The van der Waals surface area contributed by atoms with Gasteiger partial charge in [-0.1, -0.05) is 20.8 Å². The molecule has 0 radical (unpaired) electrons. The molecule has 0 saturated carbocycles. The van der Waals surface area contributed by atoms with Crippen molar-refractivity contribution in [3.63, 3.8) is 0 Å². The van der Waals surface area contributed by atoms with Crippen molar-refractivity contribution in [1.29, 1.82) is 0 Å². The highest BCUT2D eigenvalue weighted by molar-refractivity contribution is 5.74. The fraction of sp³-hybridized carbons (Fsp3) is 0.818. The molecule has 0 spiro atoms. The Bertz CT molecular complexity index is 277. The van der Waals surface area contributed by atoms with Crippen LogP contribution in [0.4, 0.5) is 4.79 Å². The van der Waals surface area contributed by atoms with E-state index in [-0.39, 0.29) is 24.0 Å². The van der Waals surface area contributed by atoms with E-state index in [4.69, 9.17) is 9.84 Å². The summed E-state index contributed by atoms with van der Waals surface area (Å²) in [6.07, 6.45) is -0.116. The first-order valence-corrected chi connectivity index (χ1v) is 5.60. The Labute approximate surface area is 95.2 Å². The number of hydrogen-bond acceptors (Lipinski definition) is 3. The smallest absolute Gasteiger partial charge is 0.405 e. The lowest BCUT2D eigenvalue weighted by molar-refractivity contribution is -0.144. The number of rotatable bonds is 4. The summed E-state index contributed by atoms with van der Waals surface area (Å²) in [6.45, 7) is 5.82. The normalized spacial score (nSPS) is 26.6. The number of nitrogens with one attached hydrogen (secondary N) is 1. The first-order chi connectivity index (χ1) is 7.40. The standard InChI is InChI=1S/C11H19NO4/c1-6(2)4-8(12-11(14)15)9-5-7(3)10(13)16-9/h6-9,12H,4-5H2,1-3H3,(H,14,15). The van der Waals surface area contributed by atoms with E-state index in [2.05, 4.69) is 5.32 Å². The fourth-order valence-corrected chi connectivity index (χ4v) is 1.97. The third-order valence-corrected chi connectivity index (χ3v) is 2.74.